The number of hydrogen-bond acceptors (Lipinski definition) is 2. The molecule has 1 aromatic rings. The number of hydrogen-bond donors (Lipinski definition) is 0. The summed E-state index contributed by atoms with van der Waals surface area (Å²) in [6.07, 6.45) is 6.69. The summed E-state index contributed by atoms with van der Waals surface area (Å²) in [5.74, 6) is 1.26. The van der Waals surface area contributed by atoms with E-state index in [9.17, 15) is 4.79 Å². The van der Waals surface area contributed by atoms with Crippen LogP contribution >= 0.6 is 0 Å². The van der Waals surface area contributed by atoms with Crippen LogP contribution in [0.2, 0.25) is 0 Å². The van der Waals surface area contributed by atoms with E-state index >= 15 is 0 Å². The smallest absolute Gasteiger partial charge is 0.169 e. The quantitative estimate of drug-likeness (QED) is 0.733. The molecule has 1 aliphatic carbocycles. The van der Waals surface area contributed by atoms with Gasteiger partial charge in [0.25, 0.3) is 0 Å². The summed E-state index contributed by atoms with van der Waals surface area (Å²) in [5.41, 5.74) is 2.01. The Balaban J connectivity index is 2.26. The molecule has 1 aliphatic rings. The van der Waals surface area contributed by atoms with Gasteiger partial charge in [-0.15, -0.1) is 0 Å². The van der Waals surface area contributed by atoms with Gasteiger partial charge in [-0.25, -0.2) is 0 Å². The van der Waals surface area contributed by atoms with E-state index in [-0.39, 0.29) is 5.92 Å². The third kappa shape index (κ3) is 3.37. The van der Waals surface area contributed by atoms with E-state index in [0.29, 0.717) is 12.4 Å². The number of aryl methyl sites for hydroxylation is 1. The van der Waals surface area contributed by atoms with Gasteiger partial charge in [0.05, 0.1) is 12.2 Å². The SMILES string of the molecule is CCOc1ccc(CC)cc1C(=O)C1CCCCC1. The molecule has 0 radical (unpaired) electrons. The average molecular weight is 260 g/mol. The zero-order valence-corrected chi connectivity index (χ0v) is 12.1. The number of benzene rings is 1. The Morgan fingerprint density at radius 1 is 1.21 bits per heavy atom. The second-order valence-corrected chi connectivity index (χ2v) is 5.32. The topological polar surface area (TPSA) is 26.3 Å². The van der Waals surface area contributed by atoms with Gasteiger partial charge in [0.15, 0.2) is 5.78 Å². The second-order valence-electron chi connectivity index (χ2n) is 5.32. The number of ether oxygens (including phenoxy) is 1. The number of Topliss-reactive ketones (excluding diaryl/α,β-unsaturated/α-hetero) is 1. The van der Waals surface area contributed by atoms with Crippen LogP contribution in [-0.2, 0) is 6.42 Å². The molecule has 0 spiro atoms. The van der Waals surface area contributed by atoms with Crippen LogP contribution in [0.5, 0.6) is 5.75 Å². The molecule has 2 heteroatoms. The summed E-state index contributed by atoms with van der Waals surface area (Å²) < 4.78 is 5.63. The summed E-state index contributed by atoms with van der Waals surface area (Å²) in [6, 6.07) is 6.04. The largest absolute Gasteiger partial charge is 0.493 e. The number of ketones is 1. The van der Waals surface area contributed by atoms with E-state index in [2.05, 4.69) is 13.0 Å². The fraction of sp³-hybridized carbons (Fsp3) is 0.588. The van der Waals surface area contributed by atoms with Crippen LogP contribution in [-0.4, -0.2) is 12.4 Å². The first-order valence-electron chi connectivity index (χ1n) is 7.56. The zero-order valence-electron chi connectivity index (χ0n) is 12.1. The van der Waals surface area contributed by atoms with Gasteiger partial charge in [-0.05, 0) is 43.9 Å². The van der Waals surface area contributed by atoms with Gasteiger partial charge in [0.1, 0.15) is 5.75 Å². The molecule has 0 atom stereocenters. The Hall–Kier alpha value is -1.31. The fourth-order valence-corrected chi connectivity index (χ4v) is 2.86. The number of rotatable bonds is 5. The molecule has 0 amide bonds. The predicted molar refractivity (Wildman–Crippen MR) is 77.9 cm³/mol. The van der Waals surface area contributed by atoms with E-state index in [4.69, 9.17) is 4.74 Å². The summed E-state index contributed by atoms with van der Waals surface area (Å²) >= 11 is 0. The van der Waals surface area contributed by atoms with Crippen molar-refractivity contribution in [3.63, 3.8) is 0 Å². The number of carbonyl (C=O) groups excluding carboxylic acids is 1. The molecule has 1 fully saturated rings. The van der Waals surface area contributed by atoms with Crippen molar-refractivity contribution < 1.29 is 9.53 Å². The highest BCUT2D eigenvalue weighted by atomic mass is 16.5. The van der Waals surface area contributed by atoms with Crippen molar-refractivity contribution in [1.29, 1.82) is 0 Å². The lowest BCUT2D eigenvalue weighted by atomic mass is 9.83. The number of carbonyl (C=O) groups is 1. The highest BCUT2D eigenvalue weighted by Crippen LogP contribution is 2.31. The van der Waals surface area contributed by atoms with Crippen LogP contribution in [0.25, 0.3) is 0 Å². The first-order valence-corrected chi connectivity index (χ1v) is 7.56. The molecule has 0 aromatic heterocycles. The highest BCUT2D eigenvalue weighted by Gasteiger charge is 2.24. The summed E-state index contributed by atoms with van der Waals surface area (Å²) in [7, 11) is 0. The van der Waals surface area contributed by atoms with Gasteiger partial charge in [-0.2, -0.15) is 0 Å². The molecule has 0 N–H and O–H groups in total. The van der Waals surface area contributed by atoms with Crippen LogP contribution in [0, 0.1) is 5.92 Å². The molecule has 19 heavy (non-hydrogen) atoms. The minimum absolute atomic E-state index is 0.208. The first-order chi connectivity index (χ1) is 9.26. The maximum Gasteiger partial charge on any atom is 0.169 e. The molecular weight excluding hydrogens is 236 g/mol. The Labute approximate surface area is 116 Å². The fourth-order valence-electron chi connectivity index (χ4n) is 2.86. The van der Waals surface area contributed by atoms with E-state index < -0.39 is 0 Å². The normalized spacial score (nSPS) is 16.3. The van der Waals surface area contributed by atoms with Crippen molar-refractivity contribution in [2.24, 2.45) is 5.92 Å². The average Bonchev–Trinajstić information content (AvgIpc) is 2.48. The lowest BCUT2D eigenvalue weighted by molar-refractivity contribution is 0.0885. The third-order valence-corrected chi connectivity index (χ3v) is 3.99. The van der Waals surface area contributed by atoms with Gasteiger partial charge in [0, 0.05) is 5.92 Å². The maximum absolute atomic E-state index is 12.7. The molecular formula is C17H24O2. The Bertz CT molecular complexity index is 431. The van der Waals surface area contributed by atoms with E-state index in [1.807, 2.05) is 19.1 Å². The molecule has 104 valence electrons. The summed E-state index contributed by atoms with van der Waals surface area (Å²) in [6.45, 7) is 4.68. The molecule has 0 heterocycles. The van der Waals surface area contributed by atoms with Gasteiger partial charge >= 0.3 is 0 Å². The standard InChI is InChI=1S/C17H24O2/c1-3-13-10-11-16(19-4-2)15(12-13)17(18)14-8-6-5-7-9-14/h10-12,14H,3-9H2,1-2H3. The van der Waals surface area contributed by atoms with Crippen molar-refractivity contribution in [2.45, 2.75) is 52.4 Å². The Kier molecular flexibility index (Phi) is 5.00. The lowest BCUT2D eigenvalue weighted by Gasteiger charge is -2.21. The predicted octanol–water partition coefficient (Wildman–Crippen LogP) is 4.41. The van der Waals surface area contributed by atoms with Gasteiger partial charge in [-0.3, -0.25) is 4.79 Å². The molecule has 0 bridgehead atoms. The van der Waals surface area contributed by atoms with Crippen molar-refractivity contribution in [3.05, 3.63) is 29.3 Å². The molecule has 0 saturated heterocycles. The zero-order chi connectivity index (χ0) is 13.7. The monoisotopic (exact) mass is 260 g/mol. The third-order valence-electron chi connectivity index (χ3n) is 3.99. The molecule has 0 unspecified atom stereocenters. The second kappa shape index (κ2) is 6.74. The minimum Gasteiger partial charge on any atom is -0.493 e. The van der Waals surface area contributed by atoms with Gasteiger partial charge in [-0.1, -0.05) is 32.3 Å². The van der Waals surface area contributed by atoms with Crippen LogP contribution in [0.1, 0.15) is 61.9 Å². The Morgan fingerprint density at radius 2 is 1.95 bits per heavy atom. The lowest BCUT2D eigenvalue weighted by Crippen LogP contribution is -2.19. The van der Waals surface area contributed by atoms with Crippen LogP contribution < -0.4 is 4.74 Å². The van der Waals surface area contributed by atoms with Crippen molar-refractivity contribution in [1.82, 2.24) is 0 Å². The summed E-state index contributed by atoms with van der Waals surface area (Å²) in [5, 5.41) is 0. The van der Waals surface area contributed by atoms with E-state index in [0.717, 1.165) is 30.6 Å². The van der Waals surface area contributed by atoms with Gasteiger partial charge in [0.2, 0.25) is 0 Å². The minimum atomic E-state index is 0.208. The van der Waals surface area contributed by atoms with Crippen LogP contribution in [0.15, 0.2) is 18.2 Å². The van der Waals surface area contributed by atoms with E-state index in [1.165, 1.54) is 24.8 Å². The van der Waals surface area contributed by atoms with E-state index in [1.54, 1.807) is 0 Å². The maximum atomic E-state index is 12.7. The van der Waals surface area contributed by atoms with Crippen molar-refractivity contribution in [2.75, 3.05) is 6.61 Å². The van der Waals surface area contributed by atoms with Crippen LogP contribution in [0.4, 0.5) is 0 Å². The molecule has 0 aliphatic heterocycles. The van der Waals surface area contributed by atoms with Crippen molar-refractivity contribution in [3.8, 4) is 5.75 Å². The van der Waals surface area contributed by atoms with Crippen LogP contribution in [0.3, 0.4) is 0 Å². The molecule has 1 saturated carbocycles. The molecule has 2 rings (SSSR count). The molecule has 1 aromatic carbocycles. The summed E-state index contributed by atoms with van der Waals surface area (Å²) in [4.78, 5) is 12.7. The first kappa shape index (κ1) is 14.1. The van der Waals surface area contributed by atoms with Gasteiger partial charge < -0.3 is 4.74 Å². The molecule has 2 nitrogen and oxygen atoms in total. The van der Waals surface area contributed by atoms with Crippen molar-refractivity contribution >= 4 is 5.78 Å². The highest BCUT2D eigenvalue weighted by molar-refractivity contribution is 6.00. The Morgan fingerprint density at radius 3 is 2.58 bits per heavy atom.